The number of hydrogen-bond donors (Lipinski definition) is 3. The molecule has 2 unspecified atom stereocenters. The Morgan fingerprint density at radius 1 is 0.676 bits per heavy atom. The molecule has 0 aliphatic carbocycles. The van der Waals surface area contributed by atoms with Gasteiger partial charge in [-0.3, -0.25) is 4.79 Å². The van der Waals surface area contributed by atoms with Crippen LogP contribution in [0.1, 0.15) is 97.3 Å². The largest absolute Gasteiger partial charge is 0.394 e. The fraction of sp³-hybridized carbons (Fsp3) is 0.545. The summed E-state index contributed by atoms with van der Waals surface area (Å²) in [5, 5.41) is 22.5. The lowest BCUT2D eigenvalue weighted by atomic mass is 10.1. The van der Waals surface area contributed by atoms with Gasteiger partial charge in [0.15, 0.2) is 0 Å². The van der Waals surface area contributed by atoms with E-state index in [4.69, 9.17) is 0 Å². The number of nitrogens with one attached hydrogen (secondary N) is 1. The van der Waals surface area contributed by atoms with Gasteiger partial charge in [0.05, 0.1) is 18.8 Å². The molecule has 0 aromatic carbocycles. The molecule has 0 spiro atoms. The molecule has 0 heterocycles. The molecule has 0 saturated carbocycles. The minimum atomic E-state index is -0.885. The predicted octanol–water partition coefficient (Wildman–Crippen LogP) is 7.83. The second kappa shape index (κ2) is 28.1. The van der Waals surface area contributed by atoms with E-state index < -0.39 is 12.1 Å². The molecular formula is C33H53NO3. The third-order valence-corrected chi connectivity index (χ3v) is 5.61. The zero-order valence-electron chi connectivity index (χ0n) is 23.4. The molecule has 2 atom stereocenters. The van der Waals surface area contributed by atoms with Crippen LogP contribution in [0, 0.1) is 0 Å². The molecule has 4 nitrogen and oxygen atoms in total. The molecule has 208 valence electrons. The Labute approximate surface area is 227 Å². The third kappa shape index (κ3) is 25.0. The van der Waals surface area contributed by atoms with Crippen LogP contribution in [0.5, 0.6) is 0 Å². The summed E-state index contributed by atoms with van der Waals surface area (Å²) in [7, 11) is 0. The van der Waals surface area contributed by atoms with E-state index in [1.807, 2.05) is 6.08 Å². The Morgan fingerprint density at radius 2 is 1.16 bits per heavy atom. The average Bonchev–Trinajstić information content (AvgIpc) is 2.90. The highest BCUT2D eigenvalue weighted by Gasteiger charge is 2.17. The van der Waals surface area contributed by atoms with E-state index in [2.05, 4.69) is 92.1 Å². The van der Waals surface area contributed by atoms with Crippen LogP contribution in [-0.4, -0.2) is 34.9 Å². The average molecular weight is 512 g/mol. The summed E-state index contributed by atoms with van der Waals surface area (Å²) in [4.78, 5) is 12.2. The first-order chi connectivity index (χ1) is 18.2. The molecule has 0 aromatic rings. The van der Waals surface area contributed by atoms with E-state index in [-0.39, 0.29) is 12.5 Å². The first-order valence-corrected chi connectivity index (χ1v) is 14.3. The van der Waals surface area contributed by atoms with Gasteiger partial charge in [0, 0.05) is 6.42 Å². The van der Waals surface area contributed by atoms with Crippen LogP contribution in [0.4, 0.5) is 0 Å². The molecule has 0 aliphatic rings. The molecule has 1 amide bonds. The maximum Gasteiger partial charge on any atom is 0.220 e. The standard InChI is InChI=1S/C33H53NO3/c1-3-5-7-9-11-13-14-15-16-17-18-19-20-21-23-25-27-29-33(37)34-31(30-35)32(36)28-26-24-22-12-10-8-6-4-2/h5,7,10-13,15-16,18-19,21,23,26,28,31-32,35-36H,3-4,6,8-9,14,17,20,22,24-25,27,29-30H2,1-2H3,(H,34,37)/b7-5-,12-10+,13-11-,16-15-,19-18-,23-21-,28-26+. The molecule has 0 radical (unpaired) electrons. The highest BCUT2D eigenvalue weighted by molar-refractivity contribution is 5.76. The number of unbranched alkanes of at least 4 members (excludes halogenated alkanes) is 4. The van der Waals surface area contributed by atoms with Gasteiger partial charge in [0.2, 0.25) is 5.91 Å². The lowest BCUT2D eigenvalue weighted by Crippen LogP contribution is -2.45. The van der Waals surface area contributed by atoms with Crippen molar-refractivity contribution >= 4 is 5.91 Å². The highest BCUT2D eigenvalue weighted by Crippen LogP contribution is 2.04. The molecule has 0 saturated heterocycles. The summed E-state index contributed by atoms with van der Waals surface area (Å²) in [6, 6.07) is -0.669. The van der Waals surface area contributed by atoms with Gasteiger partial charge in [0.25, 0.3) is 0 Å². The molecule has 0 fully saturated rings. The Morgan fingerprint density at radius 3 is 1.73 bits per heavy atom. The molecule has 0 bridgehead atoms. The number of aliphatic hydroxyl groups is 2. The van der Waals surface area contributed by atoms with Gasteiger partial charge < -0.3 is 15.5 Å². The zero-order valence-corrected chi connectivity index (χ0v) is 23.4. The van der Waals surface area contributed by atoms with Crippen molar-refractivity contribution in [3.63, 3.8) is 0 Å². The highest BCUT2D eigenvalue weighted by atomic mass is 16.3. The lowest BCUT2D eigenvalue weighted by molar-refractivity contribution is -0.122. The molecule has 37 heavy (non-hydrogen) atoms. The molecule has 0 aliphatic heterocycles. The monoisotopic (exact) mass is 511 g/mol. The second-order valence-electron chi connectivity index (χ2n) is 9.07. The van der Waals surface area contributed by atoms with Gasteiger partial charge >= 0.3 is 0 Å². The van der Waals surface area contributed by atoms with Crippen molar-refractivity contribution in [2.24, 2.45) is 0 Å². The summed E-state index contributed by atoms with van der Waals surface area (Å²) < 4.78 is 0. The number of aliphatic hydroxyl groups excluding tert-OH is 2. The Kier molecular flexibility index (Phi) is 26.3. The van der Waals surface area contributed by atoms with E-state index in [0.717, 1.165) is 64.2 Å². The predicted molar refractivity (Wildman–Crippen MR) is 160 cm³/mol. The van der Waals surface area contributed by atoms with Crippen molar-refractivity contribution in [1.29, 1.82) is 0 Å². The van der Waals surface area contributed by atoms with Crippen molar-refractivity contribution < 1.29 is 15.0 Å². The van der Waals surface area contributed by atoms with Gasteiger partial charge in [0.1, 0.15) is 0 Å². The molecule has 3 N–H and O–H groups in total. The van der Waals surface area contributed by atoms with Gasteiger partial charge in [-0.2, -0.15) is 0 Å². The number of amides is 1. The second-order valence-corrected chi connectivity index (χ2v) is 9.07. The topological polar surface area (TPSA) is 69.6 Å². The number of rotatable bonds is 23. The van der Waals surface area contributed by atoms with Crippen LogP contribution in [0.2, 0.25) is 0 Å². The van der Waals surface area contributed by atoms with Crippen LogP contribution in [0.25, 0.3) is 0 Å². The minimum absolute atomic E-state index is 0.141. The minimum Gasteiger partial charge on any atom is -0.394 e. The fourth-order valence-corrected chi connectivity index (χ4v) is 3.39. The van der Waals surface area contributed by atoms with Crippen molar-refractivity contribution in [1.82, 2.24) is 5.32 Å². The molecule has 4 heteroatoms. The lowest BCUT2D eigenvalue weighted by Gasteiger charge is -2.19. The summed E-state index contributed by atoms with van der Waals surface area (Å²) >= 11 is 0. The third-order valence-electron chi connectivity index (χ3n) is 5.61. The Bertz CT molecular complexity index is 728. The van der Waals surface area contributed by atoms with Gasteiger partial charge in [-0.05, 0) is 64.2 Å². The van der Waals surface area contributed by atoms with Gasteiger partial charge in [-0.1, -0.05) is 112 Å². The van der Waals surface area contributed by atoms with Crippen molar-refractivity contribution in [2.45, 2.75) is 109 Å². The van der Waals surface area contributed by atoms with E-state index in [1.54, 1.807) is 6.08 Å². The van der Waals surface area contributed by atoms with E-state index in [9.17, 15) is 15.0 Å². The fourth-order valence-electron chi connectivity index (χ4n) is 3.39. The Hall–Kier alpha value is -2.43. The first kappa shape index (κ1) is 34.6. The molecule has 0 rings (SSSR count). The number of hydrogen-bond acceptors (Lipinski definition) is 3. The summed E-state index contributed by atoms with van der Waals surface area (Å²) in [6.45, 7) is 4.04. The SMILES string of the molecule is CC/C=C\C/C=C\C/C=C\C/C=C\C/C=C\CCCC(=O)NC(CO)C(O)/C=C/CC/C=C/CCCC. The first-order valence-electron chi connectivity index (χ1n) is 14.3. The van der Waals surface area contributed by atoms with Crippen molar-refractivity contribution in [2.75, 3.05) is 6.61 Å². The van der Waals surface area contributed by atoms with Crippen LogP contribution >= 0.6 is 0 Å². The number of carbonyl (C=O) groups excluding carboxylic acids is 1. The smallest absolute Gasteiger partial charge is 0.220 e. The van der Waals surface area contributed by atoms with E-state index in [0.29, 0.717) is 6.42 Å². The van der Waals surface area contributed by atoms with Gasteiger partial charge in [-0.25, -0.2) is 0 Å². The molecule has 0 aromatic heterocycles. The van der Waals surface area contributed by atoms with Crippen LogP contribution < -0.4 is 5.32 Å². The van der Waals surface area contributed by atoms with Crippen molar-refractivity contribution in [3.05, 3.63) is 85.1 Å². The quantitative estimate of drug-likeness (QED) is 0.0967. The van der Waals surface area contributed by atoms with Gasteiger partial charge in [-0.15, -0.1) is 0 Å². The van der Waals surface area contributed by atoms with E-state index in [1.165, 1.54) is 12.8 Å². The maximum absolute atomic E-state index is 12.2. The summed E-state index contributed by atoms with van der Waals surface area (Å²) in [6.07, 6.45) is 40.9. The normalized spacial score (nSPS) is 14.6. The zero-order chi connectivity index (χ0) is 27.2. The number of allylic oxidation sites excluding steroid dienone is 13. The number of carbonyl (C=O) groups is 1. The van der Waals surface area contributed by atoms with E-state index >= 15 is 0 Å². The Balaban J connectivity index is 3.90. The van der Waals surface area contributed by atoms with Crippen LogP contribution in [0.3, 0.4) is 0 Å². The van der Waals surface area contributed by atoms with Crippen LogP contribution in [-0.2, 0) is 4.79 Å². The maximum atomic E-state index is 12.2. The van der Waals surface area contributed by atoms with Crippen LogP contribution in [0.15, 0.2) is 85.1 Å². The summed E-state index contributed by atoms with van der Waals surface area (Å²) in [5.41, 5.74) is 0. The summed E-state index contributed by atoms with van der Waals surface area (Å²) in [5.74, 6) is -0.141. The van der Waals surface area contributed by atoms with Crippen molar-refractivity contribution in [3.8, 4) is 0 Å². The molecular weight excluding hydrogens is 458 g/mol.